The van der Waals surface area contributed by atoms with Gasteiger partial charge in [0.25, 0.3) is 5.91 Å². The van der Waals surface area contributed by atoms with Crippen LogP contribution in [-0.4, -0.2) is 18.3 Å². The number of benzene rings is 2. The Labute approximate surface area is 139 Å². The van der Waals surface area contributed by atoms with Gasteiger partial charge in [-0.05, 0) is 49.2 Å². The Morgan fingerprint density at radius 3 is 3.00 bits per heavy atom. The number of carbonyl (C=O) groups is 1. The molecule has 0 fully saturated rings. The third-order valence-corrected chi connectivity index (χ3v) is 4.87. The van der Waals surface area contributed by atoms with Gasteiger partial charge in [-0.15, -0.1) is 11.8 Å². The summed E-state index contributed by atoms with van der Waals surface area (Å²) in [5.74, 6) is 0.995. The maximum absolute atomic E-state index is 13.6. The van der Waals surface area contributed by atoms with Crippen LogP contribution in [0, 0.1) is 5.82 Å². The van der Waals surface area contributed by atoms with Crippen molar-refractivity contribution >= 4 is 17.7 Å². The van der Waals surface area contributed by atoms with Gasteiger partial charge in [0.05, 0.1) is 18.2 Å². The number of fused-ring (bicyclic) bond motifs is 1. The zero-order valence-electron chi connectivity index (χ0n) is 12.8. The molecule has 0 bridgehead atoms. The highest BCUT2D eigenvalue weighted by Gasteiger charge is 2.24. The number of para-hydroxylation sites is 1. The SMILES string of the molecule is CCOc1ccccc1C(=O)NC1CCSc2ccc(F)cc21. The second-order valence-electron chi connectivity index (χ2n) is 5.27. The van der Waals surface area contributed by atoms with E-state index in [0.29, 0.717) is 17.9 Å². The summed E-state index contributed by atoms with van der Waals surface area (Å²) in [6.45, 7) is 2.38. The van der Waals surface area contributed by atoms with Crippen LogP contribution in [0.5, 0.6) is 5.75 Å². The van der Waals surface area contributed by atoms with Gasteiger partial charge >= 0.3 is 0 Å². The number of nitrogens with one attached hydrogen (secondary N) is 1. The lowest BCUT2D eigenvalue weighted by molar-refractivity contribution is 0.0931. The molecule has 120 valence electrons. The van der Waals surface area contributed by atoms with Gasteiger partial charge < -0.3 is 10.1 Å². The Balaban J connectivity index is 1.83. The molecule has 3 nitrogen and oxygen atoms in total. The van der Waals surface area contributed by atoms with Crippen molar-refractivity contribution < 1.29 is 13.9 Å². The summed E-state index contributed by atoms with van der Waals surface area (Å²) >= 11 is 1.69. The van der Waals surface area contributed by atoms with E-state index in [1.165, 1.54) is 12.1 Å². The molecule has 0 radical (unpaired) electrons. The van der Waals surface area contributed by atoms with Crippen molar-refractivity contribution in [3.8, 4) is 5.75 Å². The van der Waals surface area contributed by atoms with Crippen LogP contribution in [-0.2, 0) is 0 Å². The zero-order chi connectivity index (χ0) is 16.2. The highest BCUT2D eigenvalue weighted by Crippen LogP contribution is 2.36. The molecule has 0 aliphatic carbocycles. The van der Waals surface area contributed by atoms with E-state index >= 15 is 0 Å². The van der Waals surface area contributed by atoms with Gasteiger partial charge in [0.1, 0.15) is 11.6 Å². The van der Waals surface area contributed by atoms with E-state index in [4.69, 9.17) is 4.74 Å². The van der Waals surface area contributed by atoms with Gasteiger partial charge in [-0.25, -0.2) is 4.39 Å². The van der Waals surface area contributed by atoms with Gasteiger partial charge in [-0.1, -0.05) is 12.1 Å². The maximum atomic E-state index is 13.6. The molecule has 2 aromatic carbocycles. The number of rotatable bonds is 4. The Kier molecular flexibility index (Phi) is 4.86. The first-order chi connectivity index (χ1) is 11.2. The predicted octanol–water partition coefficient (Wildman–Crippen LogP) is 4.19. The molecule has 0 aromatic heterocycles. The number of hydrogen-bond acceptors (Lipinski definition) is 3. The molecule has 1 amide bonds. The molecule has 1 aliphatic rings. The largest absolute Gasteiger partial charge is 0.493 e. The van der Waals surface area contributed by atoms with Crippen LogP contribution in [0.25, 0.3) is 0 Å². The van der Waals surface area contributed by atoms with Gasteiger partial charge in [0.2, 0.25) is 0 Å². The van der Waals surface area contributed by atoms with Crippen molar-refractivity contribution in [2.45, 2.75) is 24.3 Å². The first-order valence-corrected chi connectivity index (χ1v) is 8.62. The van der Waals surface area contributed by atoms with Gasteiger partial charge in [-0.3, -0.25) is 4.79 Å². The molecule has 1 N–H and O–H groups in total. The Morgan fingerprint density at radius 2 is 2.17 bits per heavy atom. The minimum Gasteiger partial charge on any atom is -0.493 e. The maximum Gasteiger partial charge on any atom is 0.255 e. The number of ether oxygens (including phenoxy) is 1. The molecule has 0 saturated heterocycles. The lowest BCUT2D eigenvalue weighted by atomic mass is 10.0. The molecule has 1 aliphatic heterocycles. The molecule has 23 heavy (non-hydrogen) atoms. The zero-order valence-corrected chi connectivity index (χ0v) is 13.7. The second kappa shape index (κ2) is 7.04. The molecule has 2 aromatic rings. The van der Waals surface area contributed by atoms with Crippen molar-refractivity contribution in [2.75, 3.05) is 12.4 Å². The molecule has 3 rings (SSSR count). The Hall–Kier alpha value is -2.01. The summed E-state index contributed by atoms with van der Waals surface area (Å²) in [6.07, 6.45) is 0.781. The summed E-state index contributed by atoms with van der Waals surface area (Å²) in [5, 5.41) is 3.02. The second-order valence-corrected chi connectivity index (χ2v) is 6.41. The number of carbonyl (C=O) groups excluding carboxylic acids is 1. The number of amides is 1. The van der Waals surface area contributed by atoms with Crippen molar-refractivity contribution in [1.82, 2.24) is 5.32 Å². The Morgan fingerprint density at radius 1 is 1.35 bits per heavy atom. The van der Waals surface area contributed by atoms with Crippen LogP contribution >= 0.6 is 11.8 Å². The molecule has 1 heterocycles. The third-order valence-electron chi connectivity index (χ3n) is 3.75. The summed E-state index contributed by atoms with van der Waals surface area (Å²) in [7, 11) is 0. The molecule has 1 unspecified atom stereocenters. The first kappa shape index (κ1) is 15.9. The minimum absolute atomic E-state index is 0.177. The number of thioether (sulfide) groups is 1. The van der Waals surface area contributed by atoms with E-state index in [9.17, 15) is 9.18 Å². The fraction of sp³-hybridized carbons (Fsp3) is 0.278. The summed E-state index contributed by atoms with van der Waals surface area (Å²) < 4.78 is 19.1. The van der Waals surface area contributed by atoms with Crippen molar-refractivity contribution in [2.24, 2.45) is 0 Å². The fourth-order valence-corrected chi connectivity index (χ4v) is 3.79. The molecule has 0 spiro atoms. The van der Waals surface area contributed by atoms with Crippen LogP contribution in [0.2, 0.25) is 0 Å². The van der Waals surface area contributed by atoms with Crippen LogP contribution < -0.4 is 10.1 Å². The van der Waals surface area contributed by atoms with Crippen molar-refractivity contribution in [1.29, 1.82) is 0 Å². The summed E-state index contributed by atoms with van der Waals surface area (Å²) in [6, 6.07) is 11.7. The van der Waals surface area contributed by atoms with Gasteiger partial charge in [0.15, 0.2) is 0 Å². The fourth-order valence-electron chi connectivity index (χ4n) is 2.69. The minimum atomic E-state index is -0.278. The van der Waals surface area contributed by atoms with E-state index in [1.807, 2.05) is 19.1 Å². The predicted molar refractivity (Wildman–Crippen MR) is 89.6 cm³/mol. The van der Waals surface area contributed by atoms with Crippen LogP contribution in [0.15, 0.2) is 47.4 Å². The average Bonchev–Trinajstić information content (AvgIpc) is 2.56. The topological polar surface area (TPSA) is 38.3 Å². The number of halogens is 1. The van der Waals surface area contributed by atoms with Crippen molar-refractivity contribution in [3.63, 3.8) is 0 Å². The Bertz CT molecular complexity index is 720. The average molecular weight is 331 g/mol. The van der Waals surface area contributed by atoms with E-state index in [0.717, 1.165) is 22.6 Å². The molecular weight excluding hydrogens is 313 g/mol. The molecule has 0 saturated carbocycles. The van der Waals surface area contributed by atoms with E-state index in [2.05, 4.69) is 5.32 Å². The lowest BCUT2D eigenvalue weighted by Gasteiger charge is -2.26. The van der Waals surface area contributed by atoms with E-state index in [1.54, 1.807) is 30.0 Å². The molecule has 1 atom stereocenters. The summed E-state index contributed by atoms with van der Waals surface area (Å²) in [4.78, 5) is 13.6. The third kappa shape index (κ3) is 3.50. The van der Waals surface area contributed by atoms with E-state index in [-0.39, 0.29) is 17.8 Å². The smallest absolute Gasteiger partial charge is 0.255 e. The van der Waals surface area contributed by atoms with Gasteiger partial charge in [-0.2, -0.15) is 0 Å². The van der Waals surface area contributed by atoms with Crippen LogP contribution in [0.1, 0.15) is 35.3 Å². The van der Waals surface area contributed by atoms with Gasteiger partial charge in [0, 0.05) is 10.6 Å². The van der Waals surface area contributed by atoms with Crippen molar-refractivity contribution in [3.05, 3.63) is 59.4 Å². The van der Waals surface area contributed by atoms with Crippen LogP contribution in [0.4, 0.5) is 4.39 Å². The highest BCUT2D eigenvalue weighted by atomic mass is 32.2. The normalized spacial score (nSPS) is 16.5. The quantitative estimate of drug-likeness (QED) is 0.913. The standard InChI is InChI=1S/C18H18FNO2S/c1-2-22-16-6-4-3-5-13(16)18(21)20-15-9-10-23-17-8-7-12(19)11-14(15)17/h3-8,11,15H,2,9-10H2,1H3,(H,20,21). The highest BCUT2D eigenvalue weighted by molar-refractivity contribution is 7.99. The lowest BCUT2D eigenvalue weighted by Crippen LogP contribution is -2.31. The molecular formula is C18H18FNO2S. The first-order valence-electron chi connectivity index (χ1n) is 7.64. The number of hydrogen-bond donors (Lipinski definition) is 1. The monoisotopic (exact) mass is 331 g/mol. The summed E-state index contributed by atoms with van der Waals surface area (Å²) in [5.41, 5.74) is 1.36. The van der Waals surface area contributed by atoms with E-state index < -0.39 is 0 Å². The molecule has 5 heteroatoms. The van der Waals surface area contributed by atoms with Crippen LogP contribution in [0.3, 0.4) is 0 Å².